The number of aliphatic hydroxyl groups is 1. The predicted octanol–water partition coefficient (Wildman–Crippen LogP) is 7.92. The molecule has 0 spiro atoms. The topological polar surface area (TPSA) is 84.5 Å². The largest absolute Gasteiger partial charge is 0.485 e. The Hall–Kier alpha value is -2.92. The van der Waals surface area contributed by atoms with Crippen molar-refractivity contribution >= 4 is 17.2 Å². The van der Waals surface area contributed by atoms with Crippen LogP contribution in [0.25, 0.3) is 10.4 Å². The maximum atomic E-state index is 10.9. The highest BCUT2D eigenvalue weighted by Crippen LogP contribution is 2.75. The molecule has 1 aliphatic heterocycles. The summed E-state index contributed by atoms with van der Waals surface area (Å²) in [5.74, 6) is 9.27. The van der Waals surface area contributed by atoms with Gasteiger partial charge in [0.25, 0.3) is 0 Å². The van der Waals surface area contributed by atoms with Gasteiger partial charge in [0.15, 0.2) is 11.6 Å². The Morgan fingerprint density at radius 1 is 0.978 bits per heavy atom. The van der Waals surface area contributed by atoms with E-state index in [2.05, 4.69) is 103 Å². The van der Waals surface area contributed by atoms with Gasteiger partial charge in [-0.25, -0.2) is 9.97 Å². The van der Waals surface area contributed by atoms with Crippen LogP contribution in [0, 0.1) is 29.6 Å². The van der Waals surface area contributed by atoms with Crippen LogP contribution < -0.4 is 10.5 Å². The predicted molar refractivity (Wildman–Crippen MR) is 189 cm³/mol. The van der Waals surface area contributed by atoms with E-state index in [1.54, 1.807) is 11.3 Å². The van der Waals surface area contributed by atoms with Gasteiger partial charge in [0.2, 0.25) is 0 Å². The van der Waals surface area contributed by atoms with E-state index in [4.69, 9.17) is 15.5 Å². The molecule has 3 fully saturated rings. The second kappa shape index (κ2) is 11.4. The van der Waals surface area contributed by atoms with Gasteiger partial charge in [0.1, 0.15) is 12.2 Å². The van der Waals surface area contributed by atoms with Gasteiger partial charge in [0, 0.05) is 46.8 Å². The average Bonchev–Trinajstić information content (AvgIpc) is 3.75. The summed E-state index contributed by atoms with van der Waals surface area (Å²) in [6.07, 6.45) is 6.06. The van der Waals surface area contributed by atoms with E-state index in [-0.39, 0.29) is 16.4 Å². The lowest BCUT2D eigenvalue weighted by molar-refractivity contribution is 0.102. The highest BCUT2D eigenvalue weighted by Gasteiger charge is 2.81. The summed E-state index contributed by atoms with van der Waals surface area (Å²) in [5.41, 5.74) is 11.0. The molecule has 246 valence electrons. The molecule has 6 nitrogen and oxygen atoms in total. The number of pyridine rings is 1. The summed E-state index contributed by atoms with van der Waals surface area (Å²) in [6, 6.07) is 6.35. The van der Waals surface area contributed by atoms with Crippen LogP contribution in [0.3, 0.4) is 0 Å². The summed E-state index contributed by atoms with van der Waals surface area (Å²) in [7, 11) is 0. The maximum absolute atomic E-state index is 10.9. The zero-order valence-corrected chi connectivity index (χ0v) is 30.2. The van der Waals surface area contributed by atoms with Crippen molar-refractivity contribution in [1.29, 1.82) is 0 Å². The molecule has 2 aromatic heterocycles. The van der Waals surface area contributed by atoms with Crippen LogP contribution in [-0.2, 0) is 17.4 Å². The molecule has 3 aliphatic rings. The number of anilines is 1. The van der Waals surface area contributed by atoms with E-state index in [1.165, 1.54) is 16.1 Å². The Balaban J connectivity index is 1.25. The minimum absolute atomic E-state index is 0.101. The van der Waals surface area contributed by atoms with Crippen LogP contribution in [0.4, 0.5) is 5.82 Å². The van der Waals surface area contributed by atoms with Crippen molar-refractivity contribution in [3.05, 3.63) is 57.9 Å². The Bertz CT molecular complexity index is 1680. The number of aromatic nitrogens is 2. The van der Waals surface area contributed by atoms with E-state index in [0.717, 1.165) is 47.5 Å². The highest BCUT2D eigenvalue weighted by molar-refractivity contribution is 7.15. The molecule has 2 aliphatic carbocycles. The van der Waals surface area contributed by atoms with E-state index >= 15 is 0 Å². The Kier molecular flexibility index (Phi) is 8.15. The molecule has 1 aromatic carbocycles. The molecule has 3 heterocycles. The normalized spacial score (nSPS) is 25.1. The summed E-state index contributed by atoms with van der Waals surface area (Å²) < 4.78 is 6.50. The molecule has 0 radical (unpaired) electrons. The first-order valence-electron chi connectivity index (χ1n) is 16.9. The van der Waals surface area contributed by atoms with Crippen molar-refractivity contribution < 1.29 is 9.84 Å². The SMILES string of the molecule is CC1C2C1C2(O)C#Cc1cc(COc2cc(-c3cnc(C4CCN(C(C)(C)C)CC4)s3)cnc2N)c(C(C)(C)C)c(C(C)(C)C)c1. The third kappa shape index (κ3) is 6.33. The van der Waals surface area contributed by atoms with Crippen molar-refractivity contribution in [1.82, 2.24) is 14.9 Å². The fourth-order valence-electron chi connectivity index (χ4n) is 7.55. The summed E-state index contributed by atoms with van der Waals surface area (Å²) >= 11 is 1.76. The minimum Gasteiger partial charge on any atom is -0.485 e. The monoisotopic (exact) mass is 640 g/mol. The molecule has 3 aromatic rings. The smallest absolute Gasteiger partial charge is 0.166 e. The molecular formula is C39H52N4O2S. The highest BCUT2D eigenvalue weighted by atomic mass is 32.1. The number of rotatable bonds is 5. The summed E-state index contributed by atoms with van der Waals surface area (Å²) in [4.78, 5) is 13.0. The summed E-state index contributed by atoms with van der Waals surface area (Å²) in [6.45, 7) is 25.1. The Labute approximate surface area is 280 Å². The van der Waals surface area contributed by atoms with Gasteiger partial charge < -0.3 is 15.6 Å². The number of ether oxygens (including phenoxy) is 1. The zero-order valence-electron chi connectivity index (χ0n) is 29.4. The van der Waals surface area contributed by atoms with Crippen LogP contribution in [-0.4, -0.2) is 44.2 Å². The quantitative estimate of drug-likeness (QED) is 0.276. The summed E-state index contributed by atoms with van der Waals surface area (Å²) in [5, 5.41) is 12.1. The third-order valence-electron chi connectivity index (χ3n) is 10.3. The van der Waals surface area contributed by atoms with Crippen molar-refractivity contribution in [2.45, 2.75) is 117 Å². The zero-order chi connectivity index (χ0) is 33.4. The minimum atomic E-state index is -0.804. The molecule has 6 rings (SSSR count). The third-order valence-corrected chi connectivity index (χ3v) is 11.5. The number of hydrogen-bond donors (Lipinski definition) is 2. The number of fused-ring (bicyclic) bond motifs is 1. The van der Waals surface area contributed by atoms with Crippen molar-refractivity contribution in [2.24, 2.45) is 17.8 Å². The Morgan fingerprint density at radius 3 is 2.24 bits per heavy atom. The van der Waals surface area contributed by atoms with E-state index in [0.29, 0.717) is 41.8 Å². The van der Waals surface area contributed by atoms with E-state index in [9.17, 15) is 5.11 Å². The average molecular weight is 641 g/mol. The molecule has 3 N–H and O–H groups in total. The second-order valence-corrected chi connectivity index (χ2v) is 18.0. The molecule has 0 amide bonds. The Morgan fingerprint density at radius 2 is 1.65 bits per heavy atom. The first-order chi connectivity index (χ1) is 21.4. The number of hydrogen-bond acceptors (Lipinski definition) is 7. The number of nitrogens with two attached hydrogens (primary N) is 1. The molecular weight excluding hydrogens is 589 g/mol. The van der Waals surface area contributed by atoms with E-state index < -0.39 is 5.60 Å². The standard InChI is InChI=1S/C39H52N4O2S/c1-23-31-32(23)39(31,44)14-11-24-17-27(33(37(5,6)7)28(18-24)36(2,3)4)22-45-29-19-26(20-41-34(29)40)30-21-42-35(46-30)25-12-15-43(16-13-25)38(8,9)10/h17-21,23,25,31-32,44H,12-13,15-16,22H2,1-10H3,(H2,40,41). The molecule has 2 saturated carbocycles. The van der Waals surface area contributed by atoms with Gasteiger partial charge in [-0.3, -0.25) is 4.90 Å². The van der Waals surface area contributed by atoms with Gasteiger partial charge in [-0.15, -0.1) is 11.3 Å². The van der Waals surface area contributed by atoms with Crippen LogP contribution in [0.15, 0.2) is 30.6 Å². The molecule has 46 heavy (non-hydrogen) atoms. The van der Waals surface area contributed by atoms with Gasteiger partial charge in [-0.2, -0.15) is 0 Å². The number of thiazole rings is 1. The molecule has 7 heteroatoms. The molecule has 1 saturated heterocycles. The molecule has 2 unspecified atom stereocenters. The van der Waals surface area contributed by atoms with E-state index in [1.807, 2.05) is 18.5 Å². The molecule has 2 atom stereocenters. The number of nitrogens with zero attached hydrogens (tertiary/aromatic N) is 3. The first kappa shape index (κ1) is 33.0. The van der Waals surface area contributed by atoms with Crippen LogP contribution in [0.2, 0.25) is 0 Å². The van der Waals surface area contributed by atoms with Gasteiger partial charge in [-0.1, -0.05) is 60.3 Å². The van der Waals surface area contributed by atoms with Crippen molar-refractivity contribution in [2.75, 3.05) is 18.8 Å². The second-order valence-electron chi connectivity index (χ2n) is 16.9. The van der Waals surface area contributed by atoms with Gasteiger partial charge in [0.05, 0.1) is 9.88 Å². The van der Waals surface area contributed by atoms with Gasteiger partial charge in [-0.05, 0) is 98.3 Å². The lowest BCUT2D eigenvalue weighted by Gasteiger charge is -2.40. The number of likely N-dealkylation sites (tertiary alicyclic amines) is 1. The number of benzene rings is 1. The maximum Gasteiger partial charge on any atom is 0.166 e. The fraction of sp³-hybridized carbons (Fsp3) is 0.590. The lowest BCUT2D eigenvalue weighted by atomic mass is 9.72. The fourth-order valence-corrected chi connectivity index (χ4v) is 8.61. The van der Waals surface area contributed by atoms with Crippen LogP contribution >= 0.6 is 11.3 Å². The first-order valence-corrected chi connectivity index (χ1v) is 17.7. The van der Waals surface area contributed by atoms with Crippen molar-refractivity contribution in [3.63, 3.8) is 0 Å². The van der Waals surface area contributed by atoms with Crippen LogP contribution in [0.5, 0.6) is 5.75 Å². The number of nitrogen functional groups attached to an aromatic ring is 1. The lowest BCUT2D eigenvalue weighted by Crippen LogP contribution is -2.45. The van der Waals surface area contributed by atoms with Crippen LogP contribution in [0.1, 0.15) is 115 Å². The van der Waals surface area contributed by atoms with Gasteiger partial charge >= 0.3 is 0 Å². The molecule has 0 bridgehead atoms. The number of piperidine rings is 1. The van der Waals surface area contributed by atoms with Crippen molar-refractivity contribution in [3.8, 4) is 28.0 Å².